The topological polar surface area (TPSA) is 96.0 Å². The van der Waals surface area contributed by atoms with E-state index in [2.05, 4.69) is 5.32 Å². The number of likely N-dealkylation sites (tertiary alicyclic amines) is 2. The van der Waals surface area contributed by atoms with E-state index in [-0.39, 0.29) is 35.5 Å². The summed E-state index contributed by atoms with van der Waals surface area (Å²) in [4.78, 5) is 54.1. The van der Waals surface area contributed by atoms with Crippen LogP contribution < -0.4 is 5.32 Å². The van der Waals surface area contributed by atoms with Crippen molar-refractivity contribution in [1.82, 2.24) is 15.1 Å². The van der Waals surface area contributed by atoms with Crippen LogP contribution in [0.3, 0.4) is 0 Å². The van der Waals surface area contributed by atoms with Crippen molar-refractivity contribution >= 4 is 34.8 Å². The molecule has 1 atom stereocenters. The van der Waals surface area contributed by atoms with Gasteiger partial charge in [-0.15, -0.1) is 11.3 Å². The van der Waals surface area contributed by atoms with Crippen molar-refractivity contribution in [3.8, 4) is 0 Å². The van der Waals surface area contributed by atoms with Gasteiger partial charge in [-0.3, -0.25) is 19.2 Å². The van der Waals surface area contributed by atoms with Gasteiger partial charge in [0.25, 0.3) is 5.91 Å². The number of piperidine rings is 1. The number of rotatable bonds is 6. The summed E-state index contributed by atoms with van der Waals surface area (Å²) >= 11 is 1.25. The van der Waals surface area contributed by atoms with Crippen LogP contribution in [-0.4, -0.2) is 77.7 Å². The van der Waals surface area contributed by atoms with E-state index in [0.717, 1.165) is 19.3 Å². The first-order valence-electron chi connectivity index (χ1n) is 11.5. The largest absolute Gasteiger partial charge is 0.373 e. The molecule has 182 valence electrons. The fraction of sp³-hybridized carbons (Fsp3) is 0.667. The molecule has 0 bridgehead atoms. The van der Waals surface area contributed by atoms with E-state index in [9.17, 15) is 19.2 Å². The van der Waals surface area contributed by atoms with Gasteiger partial charge in [0.15, 0.2) is 5.78 Å². The van der Waals surface area contributed by atoms with E-state index < -0.39 is 11.6 Å². The van der Waals surface area contributed by atoms with Gasteiger partial charge in [-0.05, 0) is 64.5 Å². The van der Waals surface area contributed by atoms with E-state index in [1.165, 1.54) is 25.2 Å². The molecule has 1 aromatic heterocycles. The Morgan fingerprint density at radius 1 is 1.03 bits per heavy atom. The Bertz CT molecular complexity index is 911. The van der Waals surface area contributed by atoms with Crippen molar-refractivity contribution in [2.24, 2.45) is 5.41 Å². The molecule has 2 aliphatic heterocycles. The van der Waals surface area contributed by atoms with Crippen molar-refractivity contribution in [2.75, 3.05) is 32.8 Å². The molecular formula is C24H35N3O5S. The lowest BCUT2D eigenvalue weighted by atomic mass is 9.77. The number of nitrogens with one attached hydrogen (secondary N) is 1. The zero-order chi connectivity index (χ0) is 24.4. The average molecular weight is 478 g/mol. The van der Waals surface area contributed by atoms with Gasteiger partial charge >= 0.3 is 0 Å². The van der Waals surface area contributed by atoms with Crippen LogP contribution in [0.5, 0.6) is 0 Å². The van der Waals surface area contributed by atoms with E-state index in [4.69, 9.17) is 4.74 Å². The van der Waals surface area contributed by atoms with Crippen LogP contribution in [0.2, 0.25) is 0 Å². The molecule has 2 fully saturated rings. The first kappa shape index (κ1) is 25.4. The highest BCUT2D eigenvalue weighted by molar-refractivity contribution is 7.15. The zero-order valence-electron chi connectivity index (χ0n) is 20.2. The van der Waals surface area contributed by atoms with Crippen LogP contribution in [0.4, 0.5) is 0 Å². The molecule has 3 rings (SSSR count). The standard InChI is InChI=1S/C24H35N3O5S/c1-16(28)19-6-7-20(33-19)22(31)26-11-8-24(9-12-26)10-13-27(15-24)21(30)18(25-17(2)29)14-32-23(3,4)5/h6-7,18H,8-15H2,1-5H3,(H,25,29). The zero-order valence-corrected chi connectivity index (χ0v) is 21.0. The summed E-state index contributed by atoms with van der Waals surface area (Å²) < 4.78 is 5.78. The van der Waals surface area contributed by atoms with Gasteiger partial charge in [-0.2, -0.15) is 0 Å². The first-order chi connectivity index (χ1) is 15.4. The lowest BCUT2D eigenvalue weighted by Crippen LogP contribution is -2.51. The number of ether oxygens (including phenoxy) is 1. The van der Waals surface area contributed by atoms with Crippen molar-refractivity contribution in [3.05, 3.63) is 21.9 Å². The van der Waals surface area contributed by atoms with Crippen LogP contribution in [0.15, 0.2) is 12.1 Å². The summed E-state index contributed by atoms with van der Waals surface area (Å²) in [6.45, 7) is 11.3. The number of Topliss-reactive ketones (excluding diaryl/α,β-unsaturated/α-hetero) is 1. The first-order valence-corrected chi connectivity index (χ1v) is 12.3. The SMILES string of the molecule is CC(=O)NC(COC(C)(C)C)C(=O)N1CCC2(CCN(C(=O)c3ccc(C(C)=O)s3)CC2)C1. The molecule has 8 nitrogen and oxygen atoms in total. The van der Waals surface area contributed by atoms with Gasteiger partial charge in [-0.25, -0.2) is 0 Å². The van der Waals surface area contributed by atoms with Crippen LogP contribution in [-0.2, 0) is 14.3 Å². The van der Waals surface area contributed by atoms with Gasteiger partial charge < -0.3 is 19.9 Å². The summed E-state index contributed by atoms with van der Waals surface area (Å²) in [7, 11) is 0. The minimum absolute atomic E-state index is 0.00189. The summed E-state index contributed by atoms with van der Waals surface area (Å²) in [5.74, 6) is -0.426. The number of nitrogens with zero attached hydrogens (tertiary/aromatic N) is 2. The Hall–Kier alpha value is -2.26. The lowest BCUT2D eigenvalue weighted by Gasteiger charge is -2.39. The molecule has 0 aliphatic carbocycles. The van der Waals surface area contributed by atoms with E-state index in [1.54, 1.807) is 12.1 Å². The summed E-state index contributed by atoms with van der Waals surface area (Å²) in [5.41, 5.74) is -0.408. The quantitative estimate of drug-likeness (QED) is 0.636. The molecule has 0 radical (unpaired) electrons. The molecule has 0 aromatic carbocycles. The van der Waals surface area contributed by atoms with Gasteiger partial charge in [0.2, 0.25) is 11.8 Å². The third kappa shape index (κ3) is 6.41. The molecule has 9 heteroatoms. The van der Waals surface area contributed by atoms with Crippen LogP contribution in [0, 0.1) is 5.41 Å². The molecule has 3 heterocycles. The van der Waals surface area contributed by atoms with Gasteiger partial charge in [-0.1, -0.05) is 0 Å². The normalized spacial score (nSPS) is 18.9. The Labute approximate surface area is 199 Å². The fourth-order valence-electron chi connectivity index (χ4n) is 4.49. The second-order valence-electron chi connectivity index (χ2n) is 10.2. The average Bonchev–Trinajstić information content (AvgIpc) is 3.38. The van der Waals surface area contributed by atoms with Gasteiger partial charge in [0.05, 0.1) is 22.0 Å². The van der Waals surface area contributed by atoms with Crippen molar-refractivity contribution < 1.29 is 23.9 Å². The third-order valence-electron chi connectivity index (χ3n) is 6.38. The molecule has 1 N–H and O–H groups in total. The number of hydrogen-bond acceptors (Lipinski definition) is 6. The van der Waals surface area contributed by atoms with Crippen molar-refractivity contribution in [3.63, 3.8) is 0 Å². The number of thiophene rings is 1. The van der Waals surface area contributed by atoms with Crippen LogP contribution in [0.1, 0.15) is 73.2 Å². The van der Waals surface area contributed by atoms with E-state index >= 15 is 0 Å². The summed E-state index contributed by atoms with van der Waals surface area (Å²) in [6, 6.07) is 2.74. The van der Waals surface area contributed by atoms with Crippen molar-refractivity contribution in [1.29, 1.82) is 0 Å². The predicted molar refractivity (Wildman–Crippen MR) is 126 cm³/mol. The summed E-state index contributed by atoms with van der Waals surface area (Å²) in [6.07, 6.45) is 2.55. The van der Waals surface area contributed by atoms with Crippen molar-refractivity contribution in [2.45, 2.75) is 65.5 Å². The maximum absolute atomic E-state index is 13.2. The molecule has 1 unspecified atom stereocenters. The second kappa shape index (κ2) is 9.93. The second-order valence-corrected chi connectivity index (χ2v) is 11.3. The molecule has 0 saturated carbocycles. The maximum atomic E-state index is 13.2. The maximum Gasteiger partial charge on any atom is 0.263 e. The molecule has 1 spiro atoms. The summed E-state index contributed by atoms with van der Waals surface area (Å²) in [5, 5.41) is 2.74. The predicted octanol–water partition coefficient (Wildman–Crippen LogP) is 2.73. The molecule has 2 saturated heterocycles. The third-order valence-corrected chi connectivity index (χ3v) is 7.56. The Balaban J connectivity index is 1.58. The number of carbonyl (C=O) groups excluding carboxylic acids is 4. The van der Waals surface area contributed by atoms with Crippen LogP contribution in [0.25, 0.3) is 0 Å². The molecule has 1 aromatic rings. The minimum atomic E-state index is -0.701. The highest BCUT2D eigenvalue weighted by atomic mass is 32.1. The van der Waals surface area contributed by atoms with Gasteiger partial charge in [0, 0.05) is 33.1 Å². The highest BCUT2D eigenvalue weighted by Crippen LogP contribution is 2.41. The number of hydrogen-bond donors (Lipinski definition) is 1. The Kier molecular flexibility index (Phi) is 7.63. The number of ketones is 1. The molecular weight excluding hydrogens is 442 g/mol. The van der Waals surface area contributed by atoms with Crippen LogP contribution >= 0.6 is 11.3 Å². The smallest absolute Gasteiger partial charge is 0.263 e. The number of amides is 3. The fourth-order valence-corrected chi connectivity index (χ4v) is 5.36. The minimum Gasteiger partial charge on any atom is -0.373 e. The van der Waals surface area contributed by atoms with Gasteiger partial charge in [0.1, 0.15) is 6.04 Å². The lowest BCUT2D eigenvalue weighted by molar-refractivity contribution is -0.139. The highest BCUT2D eigenvalue weighted by Gasteiger charge is 2.44. The van der Waals surface area contributed by atoms with E-state index in [0.29, 0.717) is 35.9 Å². The molecule has 33 heavy (non-hydrogen) atoms. The molecule has 3 amide bonds. The Morgan fingerprint density at radius 2 is 1.61 bits per heavy atom. The number of carbonyl (C=O) groups is 4. The molecule has 2 aliphatic rings. The van der Waals surface area contributed by atoms with E-state index in [1.807, 2.05) is 30.6 Å². The monoisotopic (exact) mass is 477 g/mol. The Morgan fingerprint density at radius 3 is 2.12 bits per heavy atom.